The summed E-state index contributed by atoms with van der Waals surface area (Å²) < 4.78 is 9.88. The molecule has 0 saturated carbocycles. The average molecular weight is 420 g/mol. The topological polar surface area (TPSA) is 88.7 Å². The monoisotopic (exact) mass is 420 g/mol. The summed E-state index contributed by atoms with van der Waals surface area (Å²) in [5.74, 6) is -1.20. The summed E-state index contributed by atoms with van der Waals surface area (Å²) in [6.07, 6.45) is 0.161. The molecule has 0 bridgehead atoms. The fourth-order valence-electron chi connectivity index (χ4n) is 4.58. The van der Waals surface area contributed by atoms with Crippen LogP contribution in [0.5, 0.6) is 0 Å². The number of benzene rings is 2. The predicted octanol–water partition coefficient (Wildman–Crippen LogP) is 3.64. The molecule has 0 spiro atoms. The molecule has 1 aliphatic rings. The van der Waals surface area contributed by atoms with Crippen LogP contribution in [0.25, 0.3) is 10.9 Å². The molecular formula is C24H24N2O5. The Kier molecular flexibility index (Phi) is 5.50. The van der Waals surface area contributed by atoms with Gasteiger partial charge < -0.3 is 19.4 Å². The van der Waals surface area contributed by atoms with Crippen LogP contribution in [0.3, 0.4) is 0 Å². The van der Waals surface area contributed by atoms with Gasteiger partial charge >= 0.3 is 11.9 Å². The highest BCUT2D eigenvalue weighted by molar-refractivity contribution is 5.97. The van der Waals surface area contributed by atoms with Crippen LogP contribution in [0.15, 0.2) is 48.5 Å². The van der Waals surface area contributed by atoms with Gasteiger partial charge in [-0.05, 0) is 23.3 Å². The van der Waals surface area contributed by atoms with E-state index in [1.165, 1.54) is 21.1 Å². The van der Waals surface area contributed by atoms with E-state index in [4.69, 9.17) is 9.47 Å². The molecule has 3 aromatic rings. The molecule has 1 amide bonds. The summed E-state index contributed by atoms with van der Waals surface area (Å²) in [6.45, 7) is 1.51. The van der Waals surface area contributed by atoms with Crippen molar-refractivity contribution in [2.45, 2.75) is 31.7 Å². The van der Waals surface area contributed by atoms with Crippen molar-refractivity contribution in [3.63, 3.8) is 0 Å². The van der Waals surface area contributed by atoms with Crippen LogP contribution in [-0.4, -0.2) is 37.0 Å². The van der Waals surface area contributed by atoms with E-state index in [0.717, 1.165) is 33.4 Å². The minimum absolute atomic E-state index is 0.0549. The number of aromatic amines is 1. The molecule has 0 radical (unpaired) electrons. The number of methoxy groups -OCH3 is 2. The van der Waals surface area contributed by atoms with Gasteiger partial charge in [0.2, 0.25) is 5.91 Å². The van der Waals surface area contributed by atoms with E-state index in [1.54, 1.807) is 4.90 Å². The molecule has 0 fully saturated rings. The fraction of sp³-hybridized carbons (Fsp3) is 0.292. The second-order valence-electron chi connectivity index (χ2n) is 7.60. The van der Waals surface area contributed by atoms with E-state index >= 15 is 0 Å². The Labute approximate surface area is 179 Å². The molecule has 2 aromatic carbocycles. The third-order valence-electron chi connectivity index (χ3n) is 5.90. The van der Waals surface area contributed by atoms with Crippen molar-refractivity contribution < 1.29 is 23.9 Å². The molecule has 7 nitrogen and oxygen atoms in total. The summed E-state index contributed by atoms with van der Waals surface area (Å²) in [6, 6.07) is 14.8. The van der Waals surface area contributed by atoms with Gasteiger partial charge in [-0.25, -0.2) is 0 Å². The lowest BCUT2D eigenvalue weighted by Crippen LogP contribution is -2.33. The SMILES string of the molecule is COC(=O)Cc1c(C2C(CC(=O)OC)c3ccccc3N2C(C)=O)[nH]c2ccccc12. The zero-order chi connectivity index (χ0) is 22.1. The van der Waals surface area contributed by atoms with Crippen LogP contribution in [0, 0.1) is 0 Å². The van der Waals surface area contributed by atoms with E-state index in [-0.39, 0.29) is 36.6 Å². The van der Waals surface area contributed by atoms with E-state index < -0.39 is 6.04 Å². The molecule has 0 aliphatic carbocycles. The number of rotatable bonds is 5. The molecule has 1 aromatic heterocycles. The zero-order valence-electron chi connectivity index (χ0n) is 17.7. The fourth-order valence-corrected chi connectivity index (χ4v) is 4.58. The number of ether oxygens (including phenoxy) is 2. The number of hydrogen-bond donors (Lipinski definition) is 1. The molecule has 2 heterocycles. The summed E-state index contributed by atoms with van der Waals surface area (Å²) in [4.78, 5) is 42.5. The van der Waals surface area contributed by atoms with E-state index in [0.29, 0.717) is 0 Å². The average Bonchev–Trinajstić information content (AvgIpc) is 3.29. The Morgan fingerprint density at radius 3 is 2.35 bits per heavy atom. The number of carbonyl (C=O) groups is 3. The largest absolute Gasteiger partial charge is 0.469 e. The number of H-pyrrole nitrogens is 1. The number of nitrogens with one attached hydrogen (secondary N) is 1. The summed E-state index contributed by atoms with van der Waals surface area (Å²) >= 11 is 0. The number of aromatic nitrogens is 1. The maximum Gasteiger partial charge on any atom is 0.310 e. The van der Waals surface area contributed by atoms with Crippen molar-refractivity contribution in [3.8, 4) is 0 Å². The van der Waals surface area contributed by atoms with Gasteiger partial charge in [0.05, 0.1) is 33.1 Å². The Morgan fingerprint density at radius 1 is 0.968 bits per heavy atom. The Bertz CT molecular complexity index is 1170. The molecule has 1 N–H and O–H groups in total. The summed E-state index contributed by atoms with van der Waals surface area (Å²) in [7, 11) is 2.71. The minimum Gasteiger partial charge on any atom is -0.469 e. The molecule has 2 atom stereocenters. The lowest BCUT2D eigenvalue weighted by molar-refractivity contribution is -0.141. The van der Waals surface area contributed by atoms with Crippen LogP contribution in [-0.2, 0) is 30.3 Å². The minimum atomic E-state index is -0.485. The van der Waals surface area contributed by atoms with E-state index in [1.807, 2.05) is 48.5 Å². The number of fused-ring (bicyclic) bond motifs is 2. The number of nitrogens with zero attached hydrogens (tertiary/aromatic N) is 1. The first-order valence-corrected chi connectivity index (χ1v) is 10.1. The third-order valence-corrected chi connectivity index (χ3v) is 5.90. The molecular weight excluding hydrogens is 396 g/mol. The molecule has 7 heteroatoms. The smallest absolute Gasteiger partial charge is 0.310 e. The first-order valence-electron chi connectivity index (χ1n) is 10.1. The van der Waals surface area contributed by atoms with Crippen LogP contribution in [0.1, 0.15) is 42.1 Å². The number of para-hydroxylation sites is 2. The molecule has 31 heavy (non-hydrogen) atoms. The van der Waals surface area contributed by atoms with E-state index in [2.05, 4.69) is 4.98 Å². The van der Waals surface area contributed by atoms with Gasteiger partial charge in [-0.15, -0.1) is 0 Å². The van der Waals surface area contributed by atoms with Gasteiger partial charge in [0, 0.05) is 35.1 Å². The molecule has 1 aliphatic heterocycles. The number of amides is 1. The lowest BCUT2D eigenvalue weighted by Gasteiger charge is -2.28. The Hall–Kier alpha value is -3.61. The number of esters is 2. The van der Waals surface area contributed by atoms with Gasteiger partial charge in [-0.2, -0.15) is 0 Å². The second kappa shape index (κ2) is 8.26. The predicted molar refractivity (Wildman–Crippen MR) is 116 cm³/mol. The normalized spacial score (nSPS) is 17.5. The zero-order valence-corrected chi connectivity index (χ0v) is 17.7. The van der Waals surface area contributed by atoms with Crippen LogP contribution < -0.4 is 4.90 Å². The van der Waals surface area contributed by atoms with Gasteiger partial charge in [0.15, 0.2) is 0 Å². The van der Waals surface area contributed by atoms with Gasteiger partial charge in [-0.3, -0.25) is 14.4 Å². The quantitative estimate of drug-likeness (QED) is 0.637. The highest BCUT2D eigenvalue weighted by Gasteiger charge is 2.44. The van der Waals surface area contributed by atoms with Crippen molar-refractivity contribution in [1.82, 2.24) is 4.98 Å². The van der Waals surface area contributed by atoms with Crippen LogP contribution in [0.2, 0.25) is 0 Å². The Balaban J connectivity index is 1.94. The molecule has 2 unspecified atom stereocenters. The Morgan fingerprint density at radius 2 is 1.65 bits per heavy atom. The van der Waals surface area contributed by atoms with Crippen molar-refractivity contribution in [2.24, 2.45) is 0 Å². The van der Waals surface area contributed by atoms with Gasteiger partial charge in [-0.1, -0.05) is 36.4 Å². The van der Waals surface area contributed by atoms with E-state index in [9.17, 15) is 14.4 Å². The number of carbonyl (C=O) groups excluding carboxylic acids is 3. The van der Waals surface area contributed by atoms with Crippen molar-refractivity contribution in [2.75, 3.05) is 19.1 Å². The first kappa shape index (κ1) is 20.7. The van der Waals surface area contributed by atoms with Gasteiger partial charge in [0.25, 0.3) is 0 Å². The lowest BCUT2D eigenvalue weighted by atomic mass is 9.88. The molecule has 160 valence electrons. The standard InChI is InChI=1S/C24H24N2O5/c1-14(27)26-20-11-7-5-9-16(20)18(13-22(29)31-3)24(26)23-17(12-21(28)30-2)15-8-4-6-10-19(15)25-23/h4-11,18,24-25H,12-13H2,1-3H3. The highest BCUT2D eigenvalue weighted by atomic mass is 16.5. The third kappa shape index (κ3) is 3.56. The maximum atomic E-state index is 12.8. The van der Waals surface area contributed by atoms with Crippen molar-refractivity contribution in [3.05, 3.63) is 65.4 Å². The second-order valence-corrected chi connectivity index (χ2v) is 7.60. The number of anilines is 1. The van der Waals surface area contributed by atoms with Crippen molar-refractivity contribution in [1.29, 1.82) is 0 Å². The van der Waals surface area contributed by atoms with Gasteiger partial charge in [0.1, 0.15) is 0 Å². The highest BCUT2D eigenvalue weighted by Crippen LogP contribution is 2.51. The summed E-state index contributed by atoms with van der Waals surface area (Å²) in [5.41, 5.74) is 4.01. The van der Waals surface area contributed by atoms with Crippen LogP contribution >= 0.6 is 0 Å². The van der Waals surface area contributed by atoms with Crippen LogP contribution in [0.4, 0.5) is 5.69 Å². The maximum absolute atomic E-state index is 12.8. The number of hydrogen-bond acceptors (Lipinski definition) is 5. The molecule has 0 saturated heterocycles. The molecule has 4 rings (SSSR count). The summed E-state index contributed by atoms with van der Waals surface area (Å²) in [5, 5.41) is 0.888. The first-order chi connectivity index (χ1) is 15.0. The van der Waals surface area contributed by atoms with Crippen molar-refractivity contribution >= 4 is 34.4 Å².